The molecule has 1 heterocycles. The van der Waals surface area contributed by atoms with Crippen molar-refractivity contribution in [3.05, 3.63) is 0 Å². The van der Waals surface area contributed by atoms with Gasteiger partial charge in [0.15, 0.2) is 5.41 Å². The molecule has 48 valence electrons. The summed E-state index contributed by atoms with van der Waals surface area (Å²) in [5.74, 6) is 0. The van der Waals surface area contributed by atoms with Crippen molar-refractivity contribution in [2.45, 2.75) is 6.23 Å². The Morgan fingerprint density at radius 2 is 2.67 bits per heavy atom. The van der Waals surface area contributed by atoms with Crippen LogP contribution >= 0.6 is 0 Å². The van der Waals surface area contributed by atoms with Crippen LogP contribution in [-0.4, -0.2) is 19.1 Å². The Labute approximate surface area is 52.2 Å². The van der Waals surface area contributed by atoms with Crippen LogP contribution in [0.3, 0.4) is 0 Å². The van der Waals surface area contributed by atoms with Crippen molar-refractivity contribution >= 4 is 6.29 Å². The van der Waals surface area contributed by atoms with E-state index in [9.17, 15) is 4.79 Å². The van der Waals surface area contributed by atoms with E-state index in [0.717, 1.165) is 0 Å². The predicted octanol–water partition coefficient (Wildman–Crippen LogP) is -0.990. The van der Waals surface area contributed by atoms with Crippen LogP contribution in [0.4, 0.5) is 0 Å². The number of ether oxygens (including phenoxy) is 1. The molecule has 1 rings (SSSR count). The van der Waals surface area contributed by atoms with Crippen molar-refractivity contribution < 1.29 is 9.53 Å². The number of aldehydes is 1. The highest BCUT2D eigenvalue weighted by Gasteiger charge is 2.47. The molecule has 1 aliphatic rings. The van der Waals surface area contributed by atoms with E-state index >= 15 is 0 Å². The van der Waals surface area contributed by atoms with E-state index < -0.39 is 11.6 Å². The summed E-state index contributed by atoms with van der Waals surface area (Å²) in [5.41, 5.74) is 4.15. The minimum Gasteiger partial charge on any atom is -0.359 e. The molecule has 0 spiro atoms. The third-order valence-electron chi connectivity index (χ3n) is 1.43. The number of carbonyl (C=O) groups is 1. The van der Waals surface area contributed by atoms with Gasteiger partial charge in [0.05, 0.1) is 12.7 Å². The van der Waals surface area contributed by atoms with Crippen molar-refractivity contribution in [3.63, 3.8) is 0 Å². The zero-order valence-corrected chi connectivity index (χ0v) is 4.70. The first kappa shape index (κ1) is 6.20. The fourth-order valence-electron chi connectivity index (χ4n) is 0.582. The molecular formula is C5H6N2O2. The summed E-state index contributed by atoms with van der Waals surface area (Å²) < 4.78 is 4.65. The van der Waals surface area contributed by atoms with E-state index in [1.54, 1.807) is 6.07 Å². The number of nitrogens with two attached hydrogens (primary N) is 1. The molecule has 2 atom stereocenters. The molecule has 0 aliphatic carbocycles. The molecule has 4 nitrogen and oxygen atoms in total. The van der Waals surface area contributed by atoms with Gasteiger partial charge in [-0.25, -0.2) is 0 Å². The molecule has 2 N–H and O–H groups in total. The molecule has 0 amide bonds. The van der Waals surface area contributed by atoms with Crippen LogP contribution in [0.15, 0.2) is 0 Å². The van der Waals surface area contributed by atoms with Crippen LogP contribution in [0.5, 0.6) is 0 Å². The maximum Gasteiger partial charge on any atom is 0.174 e. The van der Waals surface area contributed by atoms with E-state index in [-0.39, 0.29) is 6.61 Å². The zero-order valence-electron chi connectivity index (χ0n) is 4.70. The van der Waals surface area contributed by atoms with E-state index in [4.69, 9.17) is 11.0 Å². The molecule has 1 saturated heterocycles. The quantitative estimate of drug-likeness (QED) is 0.457. The van der Waals surface area contributed by atoms with Crippen LogP contribution in [0.25, 0.3) is 0 Å². The normalized spacial score (nSPS) is 40.7. The Bertz CT molecular complexity index is 174. The summed E-state index contributed by atoms with van der Waals surface area (Å²) >= 11 is 0. The average Bonchev–Trinajstić information content (AvgIpc) is 1.89. The van der Waals surface area contributed by atoms with E-state index in [1.807, 2.05) is 0 Å². The standard InChI is InChI=1S/C5H6N2O2/c6-1-5(2-8)3-9-4(5)7/h2,4H,3,7H2. The molecule has 0 aromatic carbocycles. The van der Waals surface area contributed by atoms with Crippen LogP contribution < -0.4 is 5.73 Å². The van der Waals surface area contributed by atoms with Gasteiger partial charge in [0, 0.05) is 0 Å². The molecule has 0 saturated carbocycles. The molecular weight excluding hydrogens is 120 g/mol. The fraction of sp³-hybridized carbons (Fsp3) is 0.600. The number of nitriles is 1. The molecule has 2 unspecified atom stereocenters. The predicted molar refractivity (Wildman–Crippen MR) is 28.0 cm³/mol. The summed E-state index contributed by atoms with van der Waals surface area (Å²) in [5, 5.41) is 8.37. The lowest BCUT2D eigenvalue weighted by molar-refractivity contribution is -0.161. The van der Waals surface area contributed by atoms with Gasteiger partial charge in [-0.2, -0.15) is 5.26 Å². The van der Waals surface area contributed by atoms with Crippen molar-refractivity contribution in [1.29, 1.82) is 5.26 Å². The van der Waals surface area contributed by atoms with Gasteiger partial charge < -0.3 is 15.3 Å². The number of rotatable bonds is 1. The Balaban J connectivity index is 2.73. The molecule has 0 aromatic heterocycles. The largest absolute Gasteiger partial charge is 0.359 e. The molecule has 0 bridgehead atoms. The van der Waals surface area contributed by atoms with Gasteiger partial charge in [0.2, 0.25) is 0 Å². The molecule has 0 aromatic rings. The number of hydrogen-bond donors (Lipinski definition) is 1. The van der Waals surface area contributed by atoms with Gasteiger partial charge in [-0.05, 0) is 0 Å². The highest BCUT2D eigenvalue weighted by Crippen LogP contribution is 2.27. The highest BCUT2D eigenvalue weighted by atomic mass is 16.5. The summed E-state index contributed by atoms with van der Waals surface area (Å²) in [4.78, 5) is 10.2. The molecule has 9 heavy (non-hydrogen) atoms. The Morgan fingerprint density at radius 1 is 2.00 bits per heavy atom. The van der Waals surface area contributed by atoms with Crippen molar-refractivity contribution in [2.75, 3.05) is 6.61 Å². The van der Waals surface area contributed by atoms with Gasteiger partial charge in [0.1, 0.15) is 12.5 Å². The second kappa shape index (κ2) is 1.79. The van der Waals surface area contributed by atoms with Gasteiger partial charge in [0.25, 0.3) is 0 Å². The zero-order chi connectivity index (χ0) is 6.91. The first-order valence-corrected chi connectivity index (χ1v) is 2.50. The SMILES string of the molecule is N#CC1(C=O)COC1N. The second-order valence-corrected chi connectivity index (χ2v) is 2.00. The van der Waals surface area contributed by atoms with Gasteiger partial charge in [-0.1, -0.05) is 0 Å². The lowest BCUT2D eigenvalue weighted by Crippen LogP contribution is -2.57. The lowest BCUT2D eigenvalue weighted by Gasteiger charge is -2.36. The minimum atomic E-state index is -1.06. The van der Waals surface area contributed by atoms with Crippen molar-refractivity contribution in [1.82, 2.24) is 0 Å². The van der Waals surface area contributed by atoms with E-state index in [0.29, 0.717) is 6.29 Å². The Morgan fingerprint density at radius 3 is 2.67 bits per heavy atom. The van der Waals surface area contributed by atoms with E-state index in [2.05, 4.69) is 4.74 Å². The highest BCUT2D eigenvalue weighted by molar-refractivity contribution is 5.66. The third-order valence-corrected chi connectivity index (χ3v) is 1.43. The summed E-state index contributed by atoms with van der Waals surface area (Å²) in [6.07, 6.45) is -0.179. The topological polar surface area (TPSA) is 76.1 Å². The first-order chi connectivity index (χ1) is 4.25. The monoisotopic (exact) mass is 126 g/mol. The average molecular weight is 126 g/mol. The summed E-state index contributed by atoms with van der Waals surface area (Å²) in [6.45, 7) is 0.133. The maximum atomic E-state index is 10.2. The van der Waals surface area contributed by atoms with Crippen molar-refractivity contribution in [2.24, 2.45) is 11.1 Å². The number of nitrogens with zero attached hydrogens (tertiary/aromatic N) is 1. The van der Waals surface area contributed by atoms with Crippen LogP contribution in [0.1, 0.15) is 0 Å². The summed E-state index contributed by atoms with van der Waals surface area (Å²) in [6, 6.07) is 1.80. The Hall–Kier alpha value is -0.920. The third kappa shape index (κ3) is 0.626. The fourth-order valence-corrected chi connectivity index (χ4v) is 0.582. The number of carbonyl (C=O) groups excluding carboxylic acids is 1. The molecule has 1 fully saturated rings. The maximum absolute atomic E-state index is 10.2. The second-order valence-electron chi connectivity index (χ2n) is 2.00. The van der Waals surface area contributed by atoms with Crippen LogP contribution in [-0.2, 0) is 9.53 Å². The van der Waals surface area contributed by atoms with E-state index in [1.165, 1.54) is 0 Å². The Kier molecular flexibility index (Phi) is 1.24. The lowest BCUT2D eigenvalue weighted by atomic mass is 9.86. The van der Waals surface area contributed by atoms with Crippen LogP contribution in [0.2, 0.25) is 0 Å². The van der Waals surface area contributed by atoms with Gasteiger partial charge in [-0.15, -0.1) is 0 Å². The molecule has 1 aliphatic heterocycles. The minimum absolute atomic E-state index is 0.133. The number of hydrogen-bond acceptors (Lipinski definition) is 4. The van der Waals surface area contributed by atoms with Gasteiger partial charge in [-0.3, -0.25) is 0 Å². The van der Waals surface area contributed by atoms with Gasteiger partial charge >= 0.3 is 0 Å². The smallest absolute Gasteiger partial charge is 0.174 e. The van der Waals surface area contributed by atoms with Crippen molar-refractivity contribution in [3.8, 4) is 6.07 Å². The molecule has 4 heteroatoms. The summed E-state index contributed by atoms with van der Waals surface area (Å²) in [7, 11) is 0. The molecule has 0 radical (unpaired) electrons. The first-order valence-electron chi connectivity index (χ1n) is 2.50. The van der Waals surface area contributed by atoms with Crippen LogP contribution in [0, 0.1) is 16.7 Å².